The van der Waals surface area contributed by atoms with E-state index < -0.39 is 45.2 Å². The molecule has 10 aliphatic carbocycles. The molecule has 0 bridgehead atoms. The van der Waals surface area contributed by atoms with Crippen LogP contribution in [0.4, 0.5) is 0 Å². The van der Waals surface area contributed by atoms with Crippen molar-refractivity contribution in [1.82, 2.24) is 0 Å². The Morgan fingerprint density at radius 3 is 1.26 bits per heavy atom. The van der Waals surface area contributed by atoms with E-state index in [1.807, 2.05) is 32.9 Å². The number of hydrogen-bond acceptors (Lipinski definition) is 10. The second-order valence-corrected chi connectivity index (χ2v) is 29.0. The van der Waals surface area contributed by atoms with Crippen molar-refractivity contribution in [2.45, 2.75) is 201 Å². The van der Waals surface area contributed by atoms with E-state index in [0.29, 0.717) is 23.8 Å². The van der Waals surface area contributed by atoms with Gasteiger partial charge in [0.15, 0.2) is 5.78 Å². The van der Waals surface area contributed by atoms with Gasteiger partial charge in [0, 0.05) is 29.6 Å². The van der Waals surface area contributed by atoms with Gasteiger partial charge in [-0.1, -0.05) is 112 Å². The standard InChI is InChI=1S/C31H42O4.C30H40O5.C4H8O.2CH4.H3NO.Na.H/c1-19-16-21-20(29(5,18-32)24(19)33)8-9-22-28(21,4)13-15-31(7)23-17-27(3,25(34)35)11-10-26(23,2)12-14-30(22,31)6;1-25-9-10-26(2,24(34)35)16-22(25)30(6)14-12-27(3)19-15-20(32)23(33)28(4,17-31)18(19)7-8-21(27)29(30,5)13-11-25;1-2-4-5-3-1;;;1-2;;/h8-9,16,23,32H,1,10-15,17-18H2,2-7H3,(H,34,35);7-8,15,22,31H,9-14,16-17H2,1-6H3,(H,34,35);1-4H2;2*1H4;2H,1H2;;/q;;;;;;+1;-1/t23-,26-,27-,28+,29+,30-,31+;22-,25-,26-,27+,28+,29-,30+;;;;;;/m11....../s1. The summed E-state index contributed by atoms with van der Waals surface area (Å²) in [5, 5.41) is 47.2. The number of aliphatic hydroxyl groups is 2. The zero-order valence-corrected chi connectivity index (χ0v) is 51.7. The number of carboxylic acid groups (broad SMARTS) is 2. The SMILES string of the molecule is C.C.C1CCOC1.C=C1C=C2C(=CC=C3[C@@]2(C)CC[C@@]2(C)[C@@H]4C[C@](C)(C(=O)O)CC[C@]4(C)CC[C@]32C)[C@](C)(CO)C1=O.C[C@@]1(C(=O)O)CC[C@]2(C)CC[C@]3(C)C4=CC=C5C(=CC(=O)C(=O)[C@@]5(C)CO)[C@]4(C)CC[C@@]3(C)[C@@H]2C1.NO.[H-].[Na+]. The van der Waals surface area contributed by atoms with Crippen molar-refractivity contribution in [1.29, 1.82) is 0 Å². The molecular weight excluding hydrogens is 1020 g/mol. The summed E-state index contributed by atoms with van der Waals surface area (Å²) in [7, 11) is 0. The number of fused-ring (bicyclic) bond motifs is 14. The summed E-state index contributed by atoms with van der Waals surface area (Å²) in [4.78, 5) is 63.2. The molecule has 14 atom stereocenters. The molecule has 7 fully saturated rings. The molecule has 13 heteroatoms. The number of carbonyl (C=O) groups excluding carboxylic acids is 3. The van der Waals surface area contributed by atoms with E-state index in [9.17, 15) is 44.4 Å². The van der Waals surface area contributed by atoms with Gasteiger partial charge >= 0.3 is 41.5 Å². The first-order valence-electron chi connectivity index (χ1n) is 28.9. The number of aliphatic hydroxyl groups excluding tert-OH is 2. The average Bonchev–Trinajstić information content (AvgIpc) is 4.03. The van der Waals surface area contributed by atoms with Crippen molar-refractivity contribution in [3.8, 4) is 0 Å². The van der Waals surface area contributed by atoms with Crippen molar-refractivity contribution in [3.05, 3.63) is 82.0 Å². The molecule has 1 heterocycles. The maximum atomic E-state index is 13.0. The molecule has 0 aromatic carbocycles. The topological polar surface area (TPSA) is 222 Å². The molecule has 1 aliphatic heterocycles. The Morgan fingerprint density at radius 2 is 0.912 bits per heavy atom. The van der Waals surface area contributed by atoms with Crippen LogP contribution < -0.4 is 35.5 Å². The molecule has 1 saturated heterocycles. The average molecular weight is 1120 g/mol. The maximum absolute atomic E-state index is 13.0. The van der Waals surface area contributed by atoms with Crippen LogP contribution in [0.25, 0.3) is 0 Å². The predicted octanol–water partition coefficient (Wildman–Crippen LogP) is 10.4. The Balaban J connectivity index is 0.000000298. The number of carbonyl (C=O) groups is 5. The first-order chi connectivity index (χ1) is 35.7. The number of ether oxygens (including phenoxy) is 1. The molecule has 0 amide bonds. The number of nitrogens with two attached hydrogens (primary N) is 1. The normalized spacial score (nSPS) is 44.5. The van der Waals surface area contributed by atoms with Crippen LogP contribution in [0.2, 0.25) is 0 Å². The molecule has 0 aromatic rings. The molecular formula is C67H102NNaO11. The Kier molecular flexibility index (Phi) is 19.0. The Labute approximate surface area is 503 Å². The molecule has 0 aromatic heterocycles. The van der Waals surface area contributed by atoms with Crippen molar-refractivity contribution >= 4 is 29.3 Å². The minimum absolute atomic E-state index is 0. The molecule has 0 unspecified atom stereocenters. The van der Waals surface area contributed by atoms with Crippen LogP contribution in [0.15, 0.2) is 82.0 Å². The summed E-state index contributed by atoms with van der Waals surface area (Å²) in [6, 6.07) is 0. The van der Waals surface area contributed by atoms with Gasteiger partial charge in [-0.3, -0.25) is 24.0 Å². The van der Waals surface area contributed by atoms with Gasteiger partial charge in [0.2, 0.25) is 11.6 Å². The second-order valence-electron chi connectivity index (χ2n) is 29.0. The molecule has 442 valence electrons. The van der Waals surface area contributed by atoms with Crippen molar-refractivity contribution in [2.75, 3.05) is 26.4 Å². The van der Waals surface area contributed by atoms with Gasteiger partial charge < -0.3 is 31.8 Å². The molecule has 7 N–H and O–H groups in total. The van der Waals surface area contributed by atoms with Gasteiger partial charge in [0.1, 0.15) is 0 Å². The number of ketones is 3. The van der Waals surface area contributed by atoms with E-state index in [4.69, 9.17) is 9.94 Å². The van der Waals surface area contributed by atoms with Gasteiger partial charge in [-0.2, -0.15) is 0 Å². The molecule has 11 aliphatic rings. The monoisotopic (exact) mass is 1120 g/mol. The fourth-order valence-electron chi connectivity index (χ4n) is 18.7. The minimum Gasteiger partial charge on any atom is -1.00 e. The van der Waals surface area contributed by atoms with Crippen LogP contribution in [0.5, 0.6) is 0 Å². The molecule has 0 radical (unpaired) electrons. The first kappa shape index (κ1) is 67.7. The van der Waals surface area contributed by atoms with Crippen LogP contribution in [0.1, 0.15) is 202 Å². The second kappa shape index (κ2) is 22.4. The predicted molar refractivity (Wildman–Crippen MR) is 312 cm³/mol. The van der Waals surface area contributed by atoms with Crippen LogP contribution in [0.3, 0.4) is 0 Å². The molecule has 12 nitrogen and oxygen atoms in total. The van der Waals surface area contributed by atoms with Crippen molar-refractivity contribution < 1.29 is 85.3 Å². The number of hydrogen-bond donors (Lipinski definition) is 6. The van der Waals surface area contributed by atoms with E-state index in [-0.39, 0.29) is 108 Å². The fourth-order valence-corrected chi connectivity index (χ4v) is 18.7. The van der Waals surface area contributed by atoms with Crippen LogP contribution in [-0.2, 0) is 28.7 Å². The van der Waals surface area contributed by atoms with Crippen LogP contribution in [0, 0.1) is 76.8 Å². The number of allylic oxidation sites excluding steroid dienone is 11. The Hall–Kier alpha value is -3.07. The molecule has 6 saturated carbocycles. The van der Waals surface area contributed by atoms with Crippen LogP contribution in [-0.4, -0.2) is 81.3 Å². The summed E-state index contributed by atoms with van der Waals surface area (Å²) in [5.41, 5.74) is 2.86. The number of rotatable bonds is 4. The third-order valence-corrected chi connectivity index (χ3v) is 25.0. The van der Waals surface area contributed by atoms with Gasteiger partial charge in [-0.25, -0.2) is 5.90 Å². The Morgan fingerprint density at radius 1 is 0.550 bits per heavy atom. The zero-order valence-electron chi connectivity index (χ0n) is 50.7. The zero-order chi connectivity index (χ0) is 57.2. The molecule has 11 rings (SSSR count). The maximum Gasteiger partial charge on any atom is 1.00 e. The quantitative estimate of drug-likeness (QED) is 0.0670. The number of aliphatic carboxylic acids is 2. The third-order valence-electron chi connectivity index (χ3n) is 25.0. The summed E-state index contributed by atoms with van der Waals surface area (Å²) in [6.07, 6.45) is 27.5. The minimum atomic E-state index is -1.20. The van der Waals surface area contributed by atoms with Gasteiger partial charge in [0.05, 0.1) is 34.9 Å². The summed E-state index contributed by atoms with van der Waals surface area (Å²) >= 11 is 0. The summed E-state index contributed by atoms with van der Waals surface area (Å²) in [6.45, 7) is 31.8. The smallest absolute Gasteiger partial charge is 1.00 e. The fraction of sp³-hybridized carbons (Fsp3) is 0.716. The third kappa shape index (κ3) is 9.47. The number of carboxylic acids is 2. The van der Waals surface area contributed by atoms with Crippen LogP contribution >= 0.6 is 0 Å². The van der Waals surface area contributed by atoms with E-state index in [1.54, 1.807) is 13.0 Å². The van der Waals surface area contributed by atoms with Gasteiger partial charge in [-0.15, -0.1) is 0 Å². The first-order valence-corrected chi connectivity index (χ1v) is 28.9. The van der Waals surface area contributed by atoms with E-state index >= 15 is 0 Å². The largest absolute Gasteiger partial charge is 1.00 e. The van der Waals surface area contributed by atoms with Crippen molar-refractivity contribution in [2.24, 2.45) is 82.7 Å². The van der Waals surface area contributed by atoms with Gasteiger partial charge in [-0.05, 0) is 209 Å². The molecule has 80 heavy (non-hydrogen) atoms. The van der Waals surface area contributed by atoms with E-state index in [2.05, 4.69) is 86.1 Å². The summed E-state index contributed by atoms with van der Waals surface area (Å²) < 4.78 is 4.94. The number of Topliss-reactive ketones (excluding diaryl/α,β-unsaturated/α-hetero) is 2. The van der Waals surface area contributed by atoms with E-state index in [0.717, 1.165) is 119 Å². The van der Waals surface area contributed by atoms with E-state index in [1.165, 1.54) is 24.0 Å². The Bertz CT molecular complexity index is 2570. The molecule has 0 spiro atoms. The summed E-state index contributed by atoms with van der Waals surface area (Å²) in [5.74, 6) is 1.66. The van der Waals surface area contributed by atoms with Gasteiger partial charge in [0.25, 0.3) is 0 Å². The van der Waals surface area contributed by atoms with Crippen molar-refractivity contribution in [3.63, 3.8) is 0 Å².